The lowest BCUT2D eigenvalue weighted by molar-refractivity contribution is -0.125. The van der Waals surface area contributed by atoms with Crippen LogP contribution in [-0.2, 0) is 4.79 Å². The normalized spacial score (nSPS) is 19.2. The zero-order valence-corrected chi connectivity index (χ0v) is 14.1. The second kappa shape index (κ2) is 6.13. The van der Waals surface area contributed by atoms with Crippen molar-refractivity contribution in [1.82, 2.24) is 10.2 Å². The van der Waals surface area contributed by atoms with E-state index in [2.05, 4.69) is 5.32 Å². The molecule has 0 aromatic heterocycles. The van der Waals surface area contributed by atoms with E-state index in [1.54, 1.807) is 6.92 Å². The summed E-state index contributed by atoms with van der Waals surface area (Å²) in [6, 6.07) is 2.01. The fourth-order valence-electron chi connectivity index (χ4n) is 3.11. The number of amides is 3. The van der Waals surface area contributed by atoms with E-state index in [9.17, 15) is 14.4 Å². The van der Waals surface area contributed by atoms with Crippen molar-refractivity contribution in [3.63, 3.8) is 0 Å². The summed E-state index contributed by atoms with van der Waals surface area (Å²) in [5, 5.41) is 3.32. The van der Waals surface area contributed by atoms with Gasteiger partial charge in [-0.1, -0.05) is 36.0 Å². The van der Waals surface area contributed by atoms with Crippen molar-refractivity contribution in [3.05, 3.63) is 33.3 Å². The molecule has 3 amide bonds. The molecular formula is C16H16Cl2N2O3. The zero-order valence-electron chi connectivity index (χ0n) is 12.6. The molecular weight excluding hydrogens is 339 g/mol. The maximum Gasteiger partial charge on any atom is 0.262 e. The first-order valence-electron chi connectivity index (χ1n) is 7.57. The predicted octanol–water partition coefficient (Wildman–Crippen LogP) is 3.04. The van der Waals surface area contributed by atoms with Crippen LogP contribution >= 0.6 is 23.2 Å². The van der Waals surface area contributed by atoms with Crippen LogP contribution in [0.15, 0.2) is 12.1 Å². The molecule has 0 spiro atoms. The Balaban J connectivity index is 1.82. The van der Waals surface area contributed by atoms with Crippen LogP contribution < -0.4 is 5.32 Å². The fraction of sp³-hybridized carbons (Fsp3) is 0.438. The highest BCUT2D eigenvalue weighted by atomic mass is 35.5. The highest BCUT2D eigenvalue weighted by Gasteiger charge is 2.41. The molecule has 1 aliphatic carbocycles. The summed E-state index contributed by atoms with van der Waals surface area (Å²) in [7, 11) is 0. The van der Waals surface area contributed by atoms with Crippen LogP contribution in [0.2, 0.25) is 10.0 Å². The molecule has 23 heavy (non-hydrogen) atoms. The molecule has 1 fully saturated rings. The number of imide groups is 1. The Morgan fingerprint density at radius 2 is 1.61 bits per heavy atom. The number of benzene rings is 1. The Hall–Kier alpha value is -1.59. The third-order valence-corrected chi connectivity index (χ3v) is 5.15. The summed E-state index contributed by atoms with van der Waals surface area (Å²) in [5.74, 6) is -1.35. The van der Waals surface area contributed by atoms with Gasteiger partial charge in [0.1, 0.15) is 6.04 Å². The van der Waals surface area contributed by atoms with Gasteiger partial charge in [-0.2, -0.15) is 0 Å². The lowest BCUT2D eigenvalue weighted by Crippen LogP contribution is -2.49. The topological polar surface area (TPSA) is 66.5 Å². The third kappa shape index (κ3) is 2.83. The Morgan fingerprint density at radius 3 is 2.09 bits per heavy atom. The van der Waals surface area contributed by atoms with Crippen LogP contribution in [0, 0.1) is 0 Å². The van der Waals surface area contributed by atoms with Crippen LogP contribution in [0.5, 0.6) is 0 Å². The number of carbonyl (C=O) groups is 3. The first kappa shape index (κ1) is 16.3. The minimum absolute atomic E-state index is 0.129. The molecule has 0 bridgehead atoms. The van der Waals surface area contributed by atoms with Gasteiger partial charge < -0.3 is 5.32 Å². The number of fused-ring (bicyclic) bond motifs is 1. The van der Waals surface area contributed by atoms with Crippen LogP contribution in [0.25, 0.3) is 0 Å². The van der Waals surface area contributed by atoms with E-state index in [1.165, 1.54) is 12.1 Å². The van der Waals surface area contributed by atoms with Gasteiger partial charge in [0.15, 0.2) is 0 Å². The maximum atomic E-state index is 12.5. The third-order valence-electron chi connectivity index (χ3n) is 4.43. The molecule has 1 unspecified atom stereocenters. The minimum atomic E-state index is -0.874. The molecule has 1 heterocycles. The number of hydrogen-bond donors (Lipinski definition) is 1. The number of hydrogen-bond acceptors (Lipinski definition) is 3. The average Bonchev–Trinajstić information content (AvgIpc) is 3.09. The Bertz CT molecular complexity index is 658. The first-order valence-corrected chi connectivity index (χ1v) is 8.33. The number of rotatable bonds is 3. The van der Waals surface area contributed by atoms with Crippen molar-refractivity contribution in [1.29, 1.82) is 0 Å². The standard InChI is InChI=1S/C16H16Cl2N2O3/c1-8(14(21)19-9-4-2-3-5-9)20-15(22)10-6-12(17)13(18)7-11(10)16(20)23/h6-9H,2-5H2,1H3,(H,19,21). The van der Waals surface area contributed by atoms with Crippen molar-refractivity contribution >= 4 is 40.9 Å². The molecule has 1 atom stereocenters. The summed E-state index contributed by atoms with van der Waals surface area (Å²) in [4.78, 5) is 38.3. The summed E-state index contributed by atoms with van der Waals surface area (Å²) < 4.78 is 0. The van der Waals surface area contributed by atoms with Crippen molar-refractivity contribution in [2.75, 3.05) is 0 Å². The Morgan fingerprint density at radius 1 is 1.13 bits per heavy atom. The molecule has 122 valence electrons. The van der Waals surface area contributed by atoms with Crippen molar-refractivity contribution in [2.24, 2.45) is 0 Å². The average molecular weight is 355 g/mol. The molecule has 3 rings (SSSR count). The van der Waals surface area contributed by atoms with Gasteiger partial charge in [0.05, 0.1) is 21.2 Å². The monoisotopic (exact) mass is 354 g/mol. The zero-order chi connectivity index (χ0) is 16.7. The van der Waals surface area contributed by atoms with Crippen LogP contribution in [-0.4, -0.2) is 34.7 Å². The van der Waals surface area contributed by atoms with E-state index in [4.69, 9.17) is 23.2 Å². The highest BCUT2D eigenvalue weighted by molar-refractivity contribution is 6.43. The van der Waals surface area contributed by atoms with Gasteiger partial charge in [-0.3, -0.25) is 19.3 Å². The molecule has 1 aromatic rings. The van der Waals surface area contributed by atoms with E-state index in [0.717, 1.165) is 30.6 Å². The minimum Gasteiger partial charge on any atom is -0.352 e. The van der Waals surface area contributed by atoms with Gasteiger partial charge in [-0.25, -0.2) is 0 Å². The van der Waals surface area contributed by atoms with Gasteiger partial charge in [0, 0.05) is 6.04 Å². The molecule has 1 aromatic carbocycles. The van der Waals surface area contributed by atoms with E-state index >= 15 is 0 Å². The molecule has 7 heteroatoms. The fourth-order valence-corrected chi connectivity index (χ4v) is 3.44. The van der Waals surface area contributed by atoms with E-state index < -0.39 is 17.9 Å². The smallest absolute Gasteiger partial charge is 0.262 e. The molecule has 1 saturated carbocycles. The van der Waals surface area contributed by atoms with Crippen molar-refractivity contribution < 1.29 is 14.4 Å². The van der Waals surface area contributed by atoms with Crippen LogP contribution in [0.4, 0.5) is 0 Å². The van der Waals surface area contributed by atoms with Gasteiger partial charge in [0.25, 0.3) is 11.8 Å². The summed E-state index contributed by atoms with van der Waals surface area (Å²) in [6.45, 7) is 1.55. The highest BCUT2D eigenvalue weighted by Crippen LogP contribution is 2.32. The summed E-state index contributed by atoms with van der Waals surface area (Å²) in [5.41, 5.74) is 0.370. The summed E-state index contributed by atoms with van der Waals surface area (Å²) in [6.07, 6.45) is 4.05. The lowest BCUT2D eigenvalue weighted by Gasteiger charge is -2.23. The van der Waals surface area contributed by atoms with E-state index in [-0.39, 0.29) is 33.1 Å². The molecule has 2 aliphatic rings. The SMILES string of the molecule is CC(C(=O)NC1CCCC1)N1C(=O)c2cc(Cl)c(Cl)cc2C1=O. The first-order chi connectivity index (χ1) is 10.9. The number of carbonyl (C=O) groups excluding carboxylic acids is 3. The van der Waals surface area contributed by atoms with E-state index in [1.807, 2.05) is 0 Å². The molecule has 1 aliphatic heterocycles. The lowest BCUT2D eigenvalue weighted by atomic mass is 10.1. The largest absolute Gasteiger partial charge is 0.352 e. The molecule has 1 N–H and O–H groups in total. The van der Waals surface area contributed by atoms with Crippen LogP contribution in [0.1, 0.15) is 53.3 Å². The van der Waals surface area contributed by atoms with Gasteiger partial charge in [-0.15, -0.1) is 0 Å². The Labute approximate surface area is 143 Å². The van der Waals surface area contributed by atoms with Crippen molar-refractivity contribution in [2.45, 2.75) is 44.7 Å². The second-order valence-corrected chi connectivity index (χ2v) is 6.77. The quantitative estimate of drug-likeness (QED) is 0.848. The maximum absolute atomic E-state index is 12.5. The second-order valence-electron chi connectivity index (χ2n) is 5.96. The van der Waals surface area contributed by atoms with Crippen LogP contribution in [0.3, 0.4) is 0 Å². The number of halogens is 2. The number of nitrogens with zero attached hydrogens (tertiary/aromatic N) is 1. The molecule has 5 nitrogen and oxygen atoms in total. The number of nitrogens with one attached hydrogen (secondary N) is 1. The van der Waals surface area contributed by atoms with Gasteiger partial charge in [0.2, 0.25) is 5.91 Å². The predicted molar refractivity (Wildman–Crippen MR) is 86.8 cm³/mol. The van der Waals surface area contributed by atoms with Gasteiger partial charge in [-0.05, 0) is 31.9 Å². The van der Waals surface area contributed by atoms with Gasteiger partial charge >= 0.3 is 0 Å². The molecule has 0 radical (unpaired) electrons. The Kier molecular flexibility index (Phi) is 4.34. The van der Waals surface area contributed by atoms with E-state index in [0.29, 0.717) is 0 Å². The molecule has 0 saturated heterocycles. The summed E-state index contributed by atoms with van der Waals surface area (Å²) >= 11 is 11.8. The van der Waals surface area contributed by atoms with Crippen molar-refractivity contribution in [3.8, 4) is 0 Å².